The molecule has 0 bridgehead atoms. The molecule has 0 atom stereocenters. The van der Waals surface area contributed by atoms with Crippen LogP contribution in [0.2, 0.25) is 10.0 Å². The molecule has 0 fully saturated rings. The zero-order valence-electron chi connectivity index (χ0n) is 14.0. The largest absolute Gasteiger partial charge is 0.376 e. The summed E-state index contributed by atoms with van der Waals surface area (Å²) < 4.78 is 0. The maximum atomic E-state index is 12.1. The smallest absolute Gasteiger partial charge is 0.313 e. The molecule has 0 saturated carbocycles. The van der Waals surface area contributed by atoms with Crippen molar-refractivity contribution in [1.29, 1.82) is 0 Å². The minimum absolute atomic E-state index is 0.304. The van der Waals surface area contributed by atoms with Gasteiger partial charge in [-0.25, -0.2) is 0 Å². The SMILES string of the molecule is CN(C)c1ccccc1NC(=O)C(=O)NCCc1cc(Cl)cc(Cl)c1. The molecule has 0 saturated heterocycles. The molecule has 132 valence electrons. The Labute approximate surface area is 156 Å². The van der Waals surface area contributed by atoms with E-state index in [9.17, 15) is 9.59 Å². The van der Waals surface area contributed by atoms with Gasteiger partial charge in [-0.1, -0.05) is 35.3 Å². The molecular formula is C18H19Cl2N3O2. The van der Waals surface area contributed by atoms with Gasteiger partial charge in [0.1, 0.15) is 0 Å². The number of anilines is 2. The molecule has 2 aromatic rings. The third-order valence-corrected chi connectivity index (χ3v) is 3.90. The molecule has 0 radical (unpaired) electrons. The van der Waals surface area contributed by atoms with E-state index in [2.05, 4.69) is 10.6 Å². The Kier molecular flexibility index (Phi) is 6.67. The van der Waals surface area contributed by atoms with Crippen LogP contribution in [0.3, 0.4) is 0 Å². The molecule has 7 heteroatoms. The van der Waals surface area contributed by atoms with Crippen LogP contribution in [0.1, 0.15) is 5.56 Å². The van der Waals surface area contributed by atoms with E-state index in [0.29, 0.717) is 28.7 Å². The third kappa shape index (κ3) is 5.66. The highest BCUT2D eigenvalue weighted by atomic mass is 35.5. The van der Waals surface area contributed by atoms with Crippen LogP contribution in [0.5, 0.6) is 0 Å². The molecule has 0 aliphatic rings. The third-order valence-electron chi connectivity index (χ3n) is 3.46. The second-order valence-electron chi connectivity index (χ2n) is 5.65. The molecular weight excluding hydrogens is 361 g/mol. The van der Waals surface area contributed by atoms with Crippen LogP contribution in [0.25, 0.3) is 0 Å². The molecule has 0 heterocycles. The number of para-hydroxylation sites is 2. The lowest BCUT2D eigenvalue weighted by atomic mass is 10.1. The van der Waals surface area contributed by atoms with E-state index >= 15 is 0 Å². The molecule has 2 amide bonds. The summed E-state index contributed by atoms with van der Waals surface area (Å²) in [5.74, 6) is -1.40. The molecule has 2 rings (SSSR count). The summed E-state index contributed by atoms with van der Waals surface area (Å²) in [5, 5.41) is 6.28. The average molecular weight is 380 g/mol. The van der Waals surface area contributed by atoms with E-state index in [0.717, 1.165) is 11.3 Å². The first-order valence-electron chi connectivity index (χ1n) is 7.67. The molecule has 0 unspecified atom stereocenters. The number of amides is 2. The summed E-state index contributed by atoms with van der Waals surface area (Å²) in [4.78, 5) is 25.9. The van der Waals surface area contributed by atoms with Crippen molar-refractivity contribution >= 4 is 46.4 Å². The maximum absolute atomic E-state index is 12.1. The molecule has 25 heavy (non-hydrogen) atoms. The van der Waals surface area contributed by atoms with Gasteiger partial charge in [-0.05, 0) is 42.3 Å². The maximum Gasteiger partial charge on any atom is 0.313 e. The lowest BCUT2D eigenvalue weighted by Gasteiger charge is -2.17. The zero-order chi connectivity index (χ0) is 18.4. The van der Waals surface area contributed by atoms with Crippen molar-refractivity contribution in [3.05, 3.63) is 58.1 Å². The van der Waals surface area contributed by atoms with Gasteiger partial charge in [0, 0.05) is 30.7 Å². The van der Waals surface area contributed by atoms with Gasteiger partial charge in [-0.15, -0.1) is 0 Å². The number of carbonyl (C=O) groups excluding carboxylic acids is 2. The van der Waals surface area contributed by atoms with E-state index in [1.54, 1.807) is 30.3 Å². The summed E-state index contributed by atoms with van der Waals surface area (Å²) in [6, 6.07) is 12.4. The van der Waals surface area contributed by atoms with Crippen molar-refractivity contribution in [3.8, 4) is 0 Å². The van der Waals surface area contributed by atoms with Crippen LogP contribution in [-0.2, 0) is 16.0 Å². The van der Waals surface area contributed by atoms with Crippen molar-refractivity contribution in [2.24, 2.45) is 0 Å². The highest BCUT2D eigenvalue weighted by molar-refractivity contribution is 6.40. The van der Waals surface area contributed by atoms with Gasteiger partial charge in [0.25, 0.3) is 0 Å². The monoisotopic (exact) mass is 379 g/mol. The number of benzene rings is 2. The Bertz CT molecular complexity index is 758. The Morgan fingerprint density at radius 1 is 1.00 bits per heavy atom. The summed E-state index contributed by atoms with van der Waals surface area (Å²) in [5.41, 5.74) is 2.28. The first-order valence-corrected chi connectivity index (χ1v) is 8.43. The number of nitrogens with zero attached hydrogens (tertiary/aromatic N) is 1. The highest BCUT2D eigenvalue weighted by Gasteiger charge is 2.15. The lowest BCUT2D eigenvalue weighted by Crippen LogP contribution is -2.36. The summed E-state index contributed by atoms with van der Waals surface area (Å²) in [6.45, 7) is 0.304. The Balaban J connectivity index is 1.89. The van der Waals surface area contributed by atoms with Gasteiger partial charge in [-0.2, -0.15) is 0 Å². The van der Waals surface area contributed by atoms with Gasteiger partial charge in [-0.3, -0.25) is 9.59 Å². The van der Waals surface area contributed by atoms with E-state index in [-0.39, 0.29) is 0 Å². The molecule has 0 aliphatic carbocycles. The first-order chi connectivity index (χ1) is 11.9. The minimum atomic E-state index is -0.710. The van der Waals surface area contributed by atoms with Gasteiger partial charge in [0.05, 0.1) is 11.4 Å². The fourth-order valence-electron chi connectivity index (χ4n) is 2.30. The van der Waals surface area contributed by atoms with Gasteiger partial charge >= 0.3 is 11.8 Å². The summed E-state index contributed by atoms with van der Waals surface area (Å²) >= 11 is 11.9. The predicted octanol–water partition coefficient (Wildman–Crippen LogP) is 3.36. The van der Waals surface area contributed by atoms with Crippen LogP contribution in [0.4, 0.5) is 11.4 Å². The number of carbonyl (C=O) groups is 2. The fraction of sp³-hybridized carbons (Fsp3) is 0.222. The standard InChI is InChI=1S/C18H19Cl2N3O2/c1-23(2)16-6-4-3-5-15(16)22-18(25)17(24)21-8-7-12-9-13(19)11-14(20)10-12/h3-6,9-11H,7-8H2,1-2H3,(H,21,24)(H,22,25). The second-order valence-corrected chi connectivity index (χ2v) is 6.52. The predicted molar refractivity (Wildman–Crippen MR) is 103 cm³/mol. The molecule has 2 aromatic carbocycles. The molecule has 5 nitrogen and oxygen atoms in total. The van der Waals surface area contributed by atoms with Crippen LogP contribution < -0.4 is 15.5 Å². The number of nitrogens with one attached hydrogen (secondary N) is 2. The summed E-state index contributed by atoms with van der Waals surface area (Å²) in [7, 11) is 3.72. The highest BCUT2D eigenvalue weighted by Crippen LogP contribution is 2.23. The zero-order valence-corrected chi connectivity index (χ0v) is 15.5. The fourth-order valence-corrected chi connectivity index (χ4v) is 2.88. The van der Waals surface area contributed by atoms with Crippen molar-refractivity contribution in [2.75, 3.05) is 30.9 Å². The number of halogens is 2. The average Bonchev–Trinajstić information content (AvgIpc) is 2.54. The number of hydrogen-bond donors (Lipinski definition) is 2. The van der Waals surface area contributed by atoms with E-state index < -0.39 is 11.8 Å². The lowest BCUT2D eigenvalue weighted by molar-refractivity contribution is -0.136. The summed E-state index contributed by atoms with van der Waals surface area (Å²) in [6.07, 6.45) is 0.521. The molecule has 0 aliphatic heterocycles. The number of hydrogen-bond acceptors (Lipinski definition) is 3. The van der Waals surface area contributed by atoms with Crippen LogP contribution in [-0.4, -0.2) is 32.5 Å². The molecule has 0 spiro atoms. The molecule has 0 aromatic heterocycles. The van der Waals surface area contributed by atoms with E-state index in [1.165, 1.54) is 0 Å². The quantitative estimate of drug-likeness (QED) is 0.782. The topological polar surface area (TPSA) is 61.4 Å². The van der Waals surface area contributed by atoms with Crippen LogP contribution >= 0.6 is 23.2 Å². The first kappa shape index (κ1) is 19.1. The second kappa shape index (κ2) is 8.74. The van der Waals surface area contributed by atoms with Crippen molar-refractivity contribution in [3.63, 3.8) is 0 Å². The van der Waals surface area contributed by atoms with E-state index in [1.807, 2.05) is 31.1 Å². The molecule has 2 N–H and O–H groups in total. The normalized spacial score (nSPS) is 10.2. The van der Waals surface area contributed by atoms with Gasteiger partial charge < -0.3 is 15.5 Å². The van der Waals surface area contributed by atoms with Crippen molar-refractivity contribution in [1.82, 2.24) is 5.32 Å². The minimum Gasteiger partial charge on any atom is -0.376 e. The van der Waals surface area contributed by atoms with Crippen molar-refractivity contribution < 1.29 is 9.59 Å². The number of rotatable bonds is 5. The van der Waals surface area contributed by atoms with E-state index in [4.69, 9.17) is 23.2 Å². The Morgan fingerprint density at radius 3 is 2.28 bits per heavy atom. The van der Waals surface area contributed by atoms with Crippen LogP contribution in [0.15, 0.2) is 42.5 Å². The Morgan fingerprint density at radius 2 is 1.64 bits per heavy atom. The van der Waals surface area contributed by atoms with Gasteiger partial charge in [0.15, 0.2) is 0 Å². The van der Waals surface area contributed by atoms with Crippen molar-refractivity contribution in [2.45, 2.75) is 6.42 Å². The Hall–Kier alpha value is -2.24. The van der Waals surface area contributed by atoms with Gasteiger partial charge in [0.2, 0.25) is 0 Å². The van der Waals surface area contributed by atoms with Crippen LogP contribution in [0, 0.1) is 0 Å².